The summed E-state index contributed by atoms with van der Waals surface area (Å²) in [5.74, 6) is -0.345. The highest BCUT2D eigenvalue weighted by Gasteiger charge is 2.36. The molecule has 2 aromatic carbocycles. The molecule has 13 heteroatoms. The Labute approximate surface area is 256 Å². The number of carbonyl (C=O) groups is 2. The molecule has 8 nitrogen and oxygen atoms in total. The van der Waals surface area contributed by atoms with Gasteiger partial charge in [0.2, 0.25) is 0 Å². The molecule has 1 aromatic heterocycles. The van der Waals surface area contributed by atoms with Gasteiger partial charge in [0.15, 0.2) is 5.17 Å². The summed E-state index contributed by atoms with van der Waals surface area (Å²) < 4.78 is 47.8. The number of aliphatic imine (C=N–C) groups is 1. The number of thioether (sulfide) groups is 1. The van der Waals surface area contributed by atoms with E-state index in [0.29, 0.717) is 35.2 Å². The summed E-state index contributed by atoms with van der Waals surface area (Å²) in [4.78, 5) is 34.0. The van der Waals surface area contributed by atoms with Crippen LogP contribution in [0.4, 0.5) is 18.0 Å². The predicted molar refractivity (Wildman–Crippen MR) is 162 cm³/mol. The zero-order chi connectivity index (χ0) is 31.1. The van der Waals surface area contributed by atoms with Crippen LogP contribution in [0.15, 0.2) is 52.5 Å². The summed E-state index contributed by atoms with van der Waals surface area (Å²) in [6.45, 7) is 8.90. The number of alkyl halides is 3. The van der Waals surface area contributed by atoms with E-state index in [9.17, 15) is 22.8 Å². The molecule has 3 heterocycles. The molecule has 228 valence electrons. The van der Waals surface area contributed by atoms with E-state index in [1.807, 2.05) is 33.8 Å². The van der Waals surface area contributed by atoms with Crippen molar-refractivity contribution in [2.24, 2.45) is 4.99 Å². The number of hydrogen-bond donors (Lipinski definition) is 0. The van der Waals surface area contributed by atoms with Gasteiger partial charge >= 0.3 is 12.3 Å². The molecule has 0 saturated carbocycles. The summed E-state index contributed by atoms with van der Waals surface area (Å²) in [5.41, 5.74) is 0.0737. The van der Waals surface area contributed by atoms with E-state index < -0.39 is 17.3 Å². The first-order valence-electron chi connectivity index (χ1n) is 13.8. The van der Waals surface area contributed by atoms with E-state index in [2.05, 4.69) is 15.0 Å². The zero-order valence-corrected chi connectivity index (χ0v) is 25.7. The van der Waals surface area contributed by atoms with Crippen molar-refractivity contribution in [2.45, 2.75) is 58.5 Å². The Balaban J connectivity index is 1.29. The van der Waals surface area contributed by atoms with Gasteiger partial charge in [-0.3, -0.25) is 9.48 Å². The molecule has 0 bridgehead atoms. The predicted octanol–water partition coefficient (Wildman–Crippen LogP) is 7.06. The van der Waals surface area contributed by atoms with E-state index in [-0.39, 0.29) is 35.2 Å². The number of hydrogen-bond acceptors (Lipinski definition) is 6. The first-order valence-corrected chi connectivity index (χ1v) is 15.0. The van der Waals surface area contributed by atoms with Crippen molar-refractivity contribution in [1.29, 1.82) is 0 Å². The van der Waals surface area contributed by atoms with Crippen LogP contribution >= 0.6 is 23.4 Å². The number of amides is 2. The van der Waals surface area contributed by atoms with Crippen LogP contribution in [0.5, 0.6) is 0 Å². The minimum atomic E-state index is -4.54. The van der Waals surface area contributed by atoms with Crippen LogP contribution in [0.25, 0.3) is 17.0 Å². The second-order valence-electron chi connectivity index (χ2n) is 11.4. The highest BCUT2D eigenvalue weighted by Crippen LogP contribution is 2.35. The minimum absolute atomic E-state index is 0.0128. The van der Waals surface area contributed by atoms with E-state index in [1.165, 1.54) is 28.6 Å². The number of halogens is 4. The lowest BCUT2D eigenvalue weighted by atomic mass is 10.1. The zero-order valence-electron chi connectivity index (χ0n) is 24.1. The topological polar surface area (TPSA) is 80.0 Å². The van der Waals surface area contributed by atoms with Gasteiger partial charge < -0.3 is 14.5 Å². The monoisotopic (exact) mass is 633 g/mol. The Kier molecular flexibility index (Phi) is 8.54. The molecular formula is C30H31ClF3N5O3S. The van der Waals surface area contributed by atoms with Crippen LogP contribution in [0.1, 0.15) is 50.8 Å². The van der Waals surface area contributed by atoms with E-state index >= 15 is 0 Å². The molecule has 0 radical (unpaired) electrons. The van der Waals surface area contributed by atoms with E-state index in [0.717, 1.165) is 23.4 Å². The average Bonchev–Trinajstić information content (AvgIpc) is 3.50. The molecule has 1 fully saturated rings. The second-order valence-corrected chi connectivity index (χ2v) is 12.9. The lowest BCUT2D eigenvalue weighted by molar-refractivity contribution is -0.138. The number of carbonyl (C=O) groups excluding carboxylic acids is 2. The SMILES string of the molecule is CCC1CN(C(=O)OC(C)(C)C)CCN1C1=NC(=O)C(=Cc2ccc3c(cnn3Cc3ccc(Cl)cc3C(F)(F)F)c2)S1. The first-order chi connectivity index (χ1) is 20.2. The van der Waals surface area contributed by atoms with Gasteiger partial charge in [-0.1, -0.05) is 30.7 Å². The first kappa shape index (κ1) is 30.9. The fourth-order valence-electron chi connectivity index (χ4n) is 5.05. The molecule has 3 aromatic rings. The summed E-state index contributed by atoms with van der Waals surface area (Å²) in [5, 5.41) is 5.64. The van der Waals surface area contributed by atoms with Crippen LogP contribution in [0, 0.1) is 0 Å². The molecule has 2 amide bonds. The second kappa shape index (κ2) is 11.9. The summed E-state index contributed by atoms with van der Waals surface area (Å²) in [6.07, 6.45) is -0.803. The van der Waals surface area contributed by atoms with E-state index in [1.54, 1.807) is 29.3 Å². The van der Waals surface area contributed by atoms with Crippen molar-refractivity contribution < 1.29 is 27.5 Å². The van der Waals surface area contributed by atoms with Crippen LogP contribution in [-0.4, -0.2) is 68.0 Å². The average molecular weight is 634 g/mol. The maximum Gasteiger partial charge on any atom is 0.416 e. The van der Waals surface area contributed by atoms with Crippen LogP contribution < -0.4 is 0 Å². The third-order valence-corrected chi connectivity index (χ3v) is 8.38. The standard InChI is InChI=1S/C30H31ClF3N5O3S/c1-5-22-17-37(28(41)42-29(2,3)4)10-11-38(22)27-36-26(40)25(43-27)13-18-6-9-24-20(12-18)15-35-39(24)16-19-7-8-21(31)14-23(19)30(32,33)34/h6-9,12-15,22H,5,10-11,16-17H2,1-4H3. The van der Waals surface area contributed by atoms with Crippen molar-refractivity contribution in [3.8, 4) is 0 Å². The maximum absolute atomic E-state index is 13.6. The molecule has 0 N–H and O–H groups in total. The normalized spacial score (nSPS) is 19.0. The Hall–Kier alpha value is -3.51. The van der Waals surface area contributed by atoms with E-state index in [4.69, 9.17) is 16.3 Å². The quantitative estimate of drug-likeness (QED) is 0.286. The van der Waals surface area contributed by atoms with Gasteiger partial charge in [0.25, 0.3) is 5.91 Å². The smallest absolute Gasteiger partial charge is 0.416 e. The van der Waals surface area contributed by atoms with Crippen molar-refractivity contribution in [3.63, 3.8) is 0 Å². The number of benzene rings is 2. The third-order valence-electron chi connectivity index (χ3n) is 7.12. The van der Waals surface area contributed by atoms with Crippen molar-refractivity contribution in [3.05, 3.63) is 69.2 Å². The number of aromatic nitrogens is 2. The molecule has 2 aliphatic rings. The summed E-state index contributed by atoms with van der Waals surface area (Å²) in [6, 6.07) is 9.09. The van der Waals surface area contributed by atoms with Gasteiger partial charge in [0.1, 0.15) is 5.60 Å². The van der Waals surface area contributed by atoms with Crippen molar-refractivity contribution >= 4 is 57.5 Å². The number of rotatable bonds is 4. The molecular weight excluding hydrogens is 603 g/mol. The lowest BCUT2D eigenvalue weighted by Gasteiger charge is -2.41. The van der Waals surface area contributed by atoms with Gasteiger partial charge in [-0.25, -0.2) is 4.79 Å². The third kappa shape index (κ3) is 7.01. The van der Waals surface area contributed by atoms with Crippen molar-refractivity contribution in [2.75, 3.05) is 19.6 Å². The molecule has 0 spiro atoms. The summed E-state index contributed by atoms with van der Waals surface area (Å²) >= 11 is 7.11. The van der Waals surface area contributed by atoms with Gasteiger partial charge in [-0.15, -0.1) is 0 Å². The van der Waals surface area contributed by atoms with Gasteiger partial charge in [0.05, 0.1) is 28.7 Å². The molecule has 1 unspecified atom stereocenters. The Morgan fingerprint density at radius 1 is 1.16 bits per heavy atom. The Bertz CT molecular complexity index is 1630. The number of nitrogens with zero attached hydrogens (tertiary/aromatic N) is 5. The molecule has 43 heavy (non-hydrogen) atoms. The van der Waals surface area contributed by atoms with Crippen molar-refractivity contribution in [1.82, 2.24) is 19.6 Å². The van der Waals surface area contributed by atoms with Gasteiger partial charge in [-0.05, 0) is 80.4 Å². The fourth-order valence-corrected chi connectivity index (χ4v) is 6.24. The lowest BCUT2D eigenvalue weighted by Crippen LogP contribution is -2.56. The highest BCUT2D eigenvalue weighted by molar-refractivity contribution is 8.18. The van der Waals surface area contributed by atoms with Crippen LogP contribution in [0.3, 0.4) is 0 Å². The Morgan fingerprint density at radius 2 is 1.93 bits per heavy atom. The largest absolute Gasteiger partial charge is 0.444 e. The number of ether oxygens (including phenoxy) is 1. The molecule has 5 rings (SSSR count). The number of fused-ring (bicyclic) bond motifs is 1. The fraction of sp³-hybridized carbons (Fsp3) is 0.400. The Morgan fingerprint density at radius 3 is 2.63 bits per heavy atom. The molecule has 1 saturated heterocycles. The minimum Gasteiger partial charge on any atom is -0.444 e. The number of amidine groups is 1. The van der Waals surface area contributed by atoms with Gasteiger partial charge in [0, 0.05) is 36.1 Å². The number of piperazine rings is 1. The molecule has 1 atom stereocenters. The maximum atomic E-state index is 13.6. The summed E-state index contributed by atoms with van der Waals surface area (Å²) in [7, 11) is 0. The molecule has 2 aliphatic heterocycles. The highest BCUT2D eigenvalue weighted by atomic mass is 35.5. The van der Waals surface area contributed by atoms with Crippen LogP contribution in [0.2, 0.25) is 5.02 Å². The van der Waals surface area contributed by atoms with Crippen LogP contribution in [-0.2, 0) is 22.3 Å². The van der Waals surface area contributed by atoms with Gasteiger partial charge in [-0.2, -0.15) is 23.3 Å². The molecule has 0 aliphatic carbocycles.